The number of anilines is 1. The first-order valence-electron chi connectivity index (χ1n) is 11.1. The molecule has 2 N–H and O–H groups in total. The van der Waals surface area contributed by atoms with Crippen LogP contribution >= 0.6 is 0 Å². The molecule has 174 valence electrons. The van der Waals surface area contributed by atoms with Gasteiger partial charge in [-0.15, -0.1) is 0 Å². The summed E-state index contributed by atoms with van der Waals surface area (Å²) in [6.07, 6.45) is 1.02. The van der Waals surface area contributed by atoms with Crippen molar-refractivity contribution in [1.82, 2.24) is 10.2 Å². The Morgan fingerprint density at radius 3 is 2.62 bits per heavy atom. The van der Waals surface area contributed by atoms with Crippen molar-refractivity contribution in [3.63, 3.8) is 0 Å². The lowest BCUT2D eigenvalue weighted by Gasteiger charge is -2.31. The number of para-hydroxylation sites is 1. The first-order valence-corrected chi connectivity index (χ1v) is 11.1. The summed E-state index contributed by atoms with van der Waals surface area (Å²) in [6, 6.07) is 11.5. The number of rotatable bonds is 8. The number of hydrogen-bond donors (Lipinski definition) is 2. The zero-order valence-corrected chi connectivity index (χ0v) is 18.7. The molecule has 2 aromatic carbocycles. The molecule has 1 saturated heterocycles. The minimum atomic E-state index is -0.387. The van der Waals surface area contributed by atoms with Gasteiger partial charge in [-0.1, -0.05) is 18.2 Å². The van der Waals surface area contributed by atoms with E-state index in [4.69, 9.17) is 4.74 Å². The summed E-state index contributed by atoms with van der Waals surface area (Å²) >= 11 is 0. The molecule has 0 saturated carbocycles. The van der Waals surface area contributed by atoms with Crippen LogP contribution in [0.2, 0.25) is 0 Å². The van der Waals surface area contributed by atoms with Crippen molar-refractivity contribution in [2.45, 2.75) is 32.4 Å². The first kappa shape index (κ1) is 23.8. The highest BCUT2D eigenvalue weighted by Crippen LogP contribution is 2.24. The highest BCUT2D eigenvalue weighted by Gasteiger charge is 2.19. The van der Waals surface area contributed by atoms with Crippen molar-refractivity contribution < 1.29 is 18.6 Å². The van der Waals surface area contributed by atoms with Crippen molar-refractivity contribution in [3.05, 3.63) is 59.7 Å². The summed E-state index contributed by atoms with van der Waals surface area (Å²) in [5, 5.41) is 12.9. The number of nitrogens with zero attached hydrogens (tertiary/aromatic N) is 3. The first-order chi connectivity index (χ1) is 15.5. The molecule has 1 fully saturated rings. The van der Waals surface area contributed by atoms with Crippen LogP contribution in [0.15, 0.2) is 47.5 Å². The number of aliphatic hydroxyl groups excluding tert-OH is 1. The molecule has 32 heavy (non-hydrogen) atoms. The molecule has 0 aliphatic carbocycles. The summed E-state index contributed by atoms with van der Waals surface area (Å²) in [4.78, 5) is 8.48. The molecule has 0 aromatic heterocycles. The second-order valence-electron chi connectivity index (χ2n) is 7.87. The molecule has 0 unspecified atom stereocenters. The van der Waals surface area contributed by atoms with E-state index in [2.05, 4.69) is 10.3 Å². The Kier molecular flexibility index (Phi) is 8.67. The molecular weight excluding hydrogens is 414 g/mol. The number of halogens is 2. The van der Waals surface area contributed by atoms with E-state index in [-0.39, 0.29) is 23.5 Å². The number of nitrogens with one attached hydrogen (secondary N) is 1. The molecule has 1 aliphatic rings. The lowest BCUT2D eigenvalue weighted by molar-refractivity contribution is 0.145. The maximum Gasteiger partial charge on any atom is 0.194 e. The van der Waals surface area contributed by atoms with Crippen LogP contribution in [-0.4, -0.2) is 61.9 Å². The van der Waals surface area contributed by atoms with Gasteiger partial charge in [-0.25, -0.2) is 13.8 Å². The van der Waals surface area contributed by atoms with Gasteiger partial charge >= 0.3 is 0 Å². The Hall–Kier alpha value is -2.87. The SMILES string of the molecule is CCNC(=NCc1ccc(N2CCC(O)CC2)c(F)c1)N(C)CCOc1ccccc1F. The third-order valence-corrected chi connectivity index (χ3v) is 5.45. The van der Waals surface area contributed by atoms with Gasteiger partial charge in [0.1, 0.15) is 12.4 Å². The fraction of sp³-hybridized carbons (Fsp3) is 0.458. The lowest BCUT2D eigenvalue weighted by atomic mass is 10.1. The quantitative estimate of drug-likeness (QED) is 0.481. The van der Waals surface area contributed by atoms with E-state index in [9.17, 15) is 13.9 Å². The molecule has 1 heterocycles. The van der Waals surface area contributed by atoms with Crippen LogP contribution in [0.3, 0.4) is 0 Å². The van der Waals surface area contributed by atoms with E-state index in [0.717, 1.165) is 5.56 Å². The van der Waals surface area contributed by atoms with Crippen molar-refractivity contribution in [1.29, 1.82) is 0 Å². The van der Waals surface area contributed by atoms with Crippen molar-refractivity contribution in [2.75, 3.05) is 44.7 Å². The van der Waals surface area contributed by atoms with Crippen molar-refractivity contribution in [3.8, 4) is 5.75 Å². The molecule has 0 amide bonds. The Balaban J connectivity index is 1.57. The van der Waals surface area contributed by atoms with Crippen LogP contribution in [0.4, 0.5) is 14.5 Å². The van der Waals surface area contributed by atoms with Crippen LogP contribution in [-0.2, 0) is 6.54 Å². The zero-order valence-electron chi connectivity index (χ0n) is 18.7. The average Bonchev–Trinajstić information content (AvgIpc) is 2.78. The number of aliphatic imine (C=N–C) groups is 1. The third kappa shape index (κ3) is 6.56. The number of likely N-dealkylation sites (N-methyl/N-ethyl adjacent to an activating group) is 1. The normalized spacial score (nSPS) is 15.0. The van der Waals surface area contributed by atoms with E-state index >= 15 is 0 Å². The molecule has 3 rings (SSSR count). The van der Waals surface area contributed by atoms with Gasteiger partial charge in [0, 0.05) is 26.7 Å². The lowest BCUT2D eigenvalue weighted by Crippen LogP contribution is -2.40. The van der Waals surface area contributed by atoms with Gasteiger partial charge in [0.2, 0.25) is 0 Å². The van der Waals surface area contributed by atoms with E-state index < -0.39 is 0 Å². The number of aliphatic hydroxyl groups is 1. The Bertz CT molecular complexity index is 901. The smallest absolute Gasteiger partial charge is 0.194 e. The summed E-state index contributed by atoms with van der Waals surface area (Å²) < 4.78 is 33.9. The average molecular weight is 447 g/mol. The summed E-state index contributed by atoms with van der Waals surface area (Å²) in [6.45, 7) is 5.11. The standard InChI is InChI=1S/C24H32F2N4O2/c1-3-27-24(29(2)14-15-32-23-7-5-4-6-20(23)25)28-17-18-8-9-22(21(26)16-18)30-12-10-19(31)11-13-30/h4-9,16,19,31H,3,10-15,17H2,1-2H3,(H,27,28). The number of hydrogen-bond acceptors (Lipinski definition) is 4. The van der Waals surface area contributed by atoms with Crippen LogP contribution in [0.1, 0.15) is 25.3 Å². The Morgan fingerprint density at radius 2 is 1.94 bits per heavy atom. The maximum absolute atomic E-state index is 14.7. The number of ether oxygens (including phenoxy) is 1. The van der Waals surface area contributed by atoms with Gasteiger partial charge in [0.25, 0.3) is 0 Å². The molecular formula is C24H32F2N4O2. The molecule has 8 heteroatoms. The second kappa shape index (κ2) is 11.7. The van der Waals surface area contributed by atoms with E-state index in [1.165, 1.54) is 12.1 Å². The van der Waals surface area contributed by atoms with Crippen LogP contribution in [0, 0.1) is 11.6 Å². The van der Waals surface area contributed by atoms with Gasteiger partial charge in [-0.05, 0) is 49.6 Å². The minimum absolute atomic E-state index is 0.224. The fourth-order valence-corrected chi connectivity index (χ4v) is 3.61. The molecule has 0 spiro atoms. The molecule has 2 aromatic rings. The molecule has 6 nitrogen and oxygen atoms in total. The zero-order chi connectivity index (χ0) is 22.9. The Morgan fingerprint density at radius 1 is 1.19 bits per heavy atom. The second-order valence-corrected chi connectivity index (χ2v) is 7.87. The summed E-state index contributed by atoms with van der Waals surface area (Å²) in [5.41, 5.74) is 1.34. The highest BCUT2D eigenvalue weighted by molar-refractivity contribution is 5.79. The minimum Gasteiger partial charge on any atom is -0.489 e. The molecule has 0 atom stereocenters. The number of guanidine groups is 1. The predicted octanol–water partition coefficient (Wildman–Crippen LogP) is 3.40. The third-order valence-electron chi connectivity index (χ3n) is 5.45. The van der Waals surface area contributed by atoms with Gasteiger partial charge in [0.15, 0.2) is 17.5 Å². The van der Waals surface area contributed by atoms with Crippen LogP contribution in [0.25, 0.3) is 0 Å². The molecule has 0 radical (unpaired) electrons. The van der Waals surface area contributed by atoms with Crippen molar-refractivity contribution >= 4 is 11.6 Å². The topological polar surface area (TPSA) is 60.3 Å². The number of benzene rings is 2. The van der Waals surface area contributed by atoms with Gasteiger partial charge < -0.3 is 25.0 Å². The van der Waals surface area contributed by atoms with E-state index in [1.807, 2.05) is 29.8 Å². The van der Waals surface area contributed by atoms with Crippen molar-refractivity contribution in [2.24, 2.45) is 4.99 Å². The maximum atomic E-state index is 14.7. The van der Waals surface area contributed by atoms with Gasteiger partial charge in [-0.3, -0.25) is 0 Å². The molecule has 1 aliphatic heterocycles. The number of piperidine rings is 1. The fourth-order valence-electron chi connectivity index (χ4n) is 3.61. The largest absolute Gasteiger partial charge is 0.489 e. The predicted molar refractivity (Wildman–Crippen MR) is 123 cm³/mol. The van der Waals surface area contributed by atoms with Crippen LogP contribution in [0.5, 0.6) is 5.75 Å². The molecule has 0 bridgehead atoms. The van der Waals surface area contributed by atoms with E-state index in [1.54, 1.807) is 24.3 Å². The monoisotopic (exact) mass is 446 g/mol. The summed E-state index contributed by atoms with van der Waals surface area (Å²) in [5.74, 6) is 0.230. The summed E-state index contributed by atoms with van der Waals surface area (Å²) in [7, 11) is 1.88. The van der Waals surface area contributed by atoms with Gasteiger partial charge in [0.05, 0.1) is 24.9 Å². The Labute approximate surface area is 188 Å². The van der Waals surface area contributed by atoms with Crippen LogP contribution < -0.4 is 15.0 Å². The highest BCUT2D eigenvalue weighted by atomic mass is 19.1. The van der Waals surface area contributed by atoms with E-state index in [0.29, 0.717) is 63.8 Å². The van der Waals surface area contributed by atoms with Gasteiger partial charge in [-0.2, -0.15) is 0 Å².